The van der Waals surface area contributed by atoms with Crippen LogP contribution in [0.4, 0.5) is 0 Å². The van der Waals surface area contributed by atoms with Crippen LogP contribution in [0.25, 0.3) is 6.08 Å². The maximum Gasteiger partial charge on any atom is 0.124 e. The molecule has 2 aromatic rings. The lowest BCUT2D eigenvalue weighted by atomic mass is 10.0. The third kappa shape index (κ3) is 3.97. The zero-order chi connectivity index (χ0) is 14.2. The summed E-state index contributed by atoms with van der Waals surface area (Å²) < 4.78 is 5.82. The van der Waals surface area contributed by atoms with Crippen LogP contribution in [0, 0.1) is 0 Å². The Morgan fingerprint density at radius 1 is 1.05 bits per heavy atom. The summed E-state index contributed by atoms with van der Waals surface area (Å²) in [5.74, 6) is 0.875. The fourth-order valence-electron chi connectivity index (χ4n) is 2.02. The monoisotopic (exact) mass is 267 g/mol. The van der Waals surface area contributed by atoms with Crippen LogP contribution in [0.15, 0.2) is 60.7 Å². The Kier molecular flexibility index (Phi) is 5.39. The van der Waals surface area contributed by atoms with E-state index < -0.39 is 0 Å². The van der Waals surface area contributed by atoms with Gasteiger partial charge in [-0.2, -0.15) is 0 Å². The van der Waals surface area contributed by atoms with E-state index in [2.05, 4.69) is 25.1 Å². The average molecular weight is 267 g/mol. The van der Waals surface area contributed by atoms with Crippen molar-refractivity contribution in [3.05, 3.63) is 71.8 Å². The van der Waals surface area contributed by atoms with E-state index in [1.807, 2.05) is 48.5 Å². The zero-order valence-electron chi connectivity index (χ0n) is 11.8. The minimum atomic E-state index is 0.0318. The standard InChI is InChI=1S/C18H21NO/c1-2-17(19)16-12-6-7-13-18(16)20-14-8-11-15-9-4-3-5-10-15/h3-13,17H,2,14,19H2,1H3/b11-8+. The topological polar surface area (TPSA) is 35.2 Å². The summed E-state index contributed by atoms with van der Waals surface area (Å²) in [7, 11) is 0. The number of nitrogens with two attached hydrogens (primary N) is 1. The SMILES string of the molecule is CCC(N)c1ccccc1OC/C=C/c1ccccc1. The van der Waals surface area contributed by atoms with Crippen molar-refractivity contribution in [1.82, 2.24) is 0 Å². The van der Waals surface area contributed by atoms with Crippen LogP contribution in [-0.4, -0.2) is 6.61 Å². The Morgan fingerprint density at radius 2 is 1.75 bits per heavy atom. The van der Waals surface area contributed by atoms with E-state index in [0.717, 1.165) is 17.7 Å². The molecule has 0 amide bonds. The summed E-state index contributed by atoms with van der Waals surface area (Å²) in [5.41, 5.74) is 8.34. The summed E-state index contributed by atoms with van der Waals surface area (Å²) in [6, 6.07) is 18.2. The zero-order valence-corrected chi connectivity index (χ0v) is 11.8. The highest BCUT2D eigenvalue weighted by atomic mass is 16.5. The molecule has 0 bridgehead atoms. The lowest BCUT2D eigenvalue weighted by molar-refractivity contribution is 0.356. The first kappa shape index (κ1) is 14.4. The predicted molar refractivity (Wildman–Crippen MR) is 84.6 cm³/mol. The van der Waals surface area contributed by atoms with E-state index >= 15 is 0 Å². The first-order valence-corrected chi connectivity index (χ1v) is 7.00. The third-order valence-corrected chi connectivity index (χ3v) is 3.20. The third-order valence-electron chi connectivity index (χ3n) is 3.20. The Bertz CT molecular complexity index is 548. The van der Waals surface area contributed by atoms with Gasteiger partial charge in [0.2, 0.25) is 0 Å². The minimum absolute atomic E-state index is 0.0318. The van der Waals surface area contributed by atoms with Gasteiger partial charge >= 0.3 is 0 Å². The molecule has 20 heavy (non-hydrogen) atoms. The summed E-state index contributed by atoms with van der Waals surface area (Å²) >= 11 is 0. The van der Waals surface area contributed by atoms with Gasteiger partial charge in [-0.05, 0) is 24.1 Å². The molecule has 2 N–H and O–H groups in total. The van der Waals surface area contributed by atoms with Gasteiger partial charge < -0.3 is 10.5 Å². The molecule has 1 unspecified atom stereocenters. The smallest absolute Gasteiger partial charge is 0.124 e. The molecule has 0 aliphatic rings. The molecule has 2 aromatic carbocycles. The van der Waals surface area contributed by atoms with Crippen molar-refractivity contribution < 1.29 is 4.74 Å². The highest BCUT2D eigenvalue weighted by molar-refractivity contribution is 5.48. The molecule has 0 aromatic heterocycles. The van der Waals surface area contributed by atoms with Crippen molar-refractivity contribution >= 4 is 6.08 Å². The first-order valence-electron chi connectivity index (χ1n) is 7.00. The molecule has 104 valence electrons. The molecule has 0 saturated carbocycles. The second-order valence-electron chi connectivity index (χ2n) is 4.68. The van der Waals surface area contributed by atoms with Gasteiger partial charge in [0.15, 0.2) is 0 Å². The largest absolute Gasteiger partial charge is 0.489 e. The molecule has 0 radical (unpaired) electrons. The van der Waals surface area contributed by atoms with Crippen LogP contribution in [0.1, 0.15) is 30.5 Å². The highest BCUT2D eigenvalue weighted by Gasteiger charge is 2.08. The average Bonchev–Trinajstić information content (AvgIpc) is 2.52. The Balaban J connectivity index is 1.96. The molecule has 0 fully saturated rings. The van der Waals surface area contributed by atoms with Gasteiger partial charge in [-0.25, -0.2) is 0 Å². The van der Waals surface area contributed by atoms with Crippen LogP contribution < -0.4 is 10.5 Å². The van der Waals surface area contributed by atoms with E-state index in [9.17, 15) is 0 Å². The molecule has 2 nitrogen and oxygen atoms in total. The lowest BCUT2D eigenvalue weighted by Gasteiger charge is -2.14. The Hall–Kier alpha value is -2.06. The molecule has 0 heterocycles. The first-order chi connectivity index (χ1) is 9.81. The molecule has 0 aliphatic carbocycles. The second kappa shape index (κ2) is 7.51. The van der Waals surface area contributed by atoms with Crippen molar-refractivity contribution in [1.29, 1.82) is 0 Å². The maximum atomic E-state index is 6.09. The minimum Gasteiger partial charge on any atom is -0.489 e. The van der Waals surface area contributed by atoms with Gasteiger partial charge in [0.05, 0.1) is 0 Å². The fraction of sp³-hybridized carbons (Fsp3) is 0.222. The van der Waals surface area contributed by atoms with Crippen molar-refractivity contribution in [2.45, 2.75) is 19.4 Å². The fourth-order valence-corrected chi connectivity index (χ4v) is 2.02. The van der Waals surface area contributed by atoms with Gasteiger partial charge in [-0.3, -0.25) is 0 Å². The highest BCUT2D eigenvalue weighted by Crippen LogP contribution is 2.25. The molecule has 0 saturated heterocycles. The van der Waals surface area contributed by atoms with E-state index in [4.69, 9.17) is 10.5 Å². The normalized spacial score (nSPS) is 12.5. The van der Waals surface area contributed by atoms with Crippen LogP contribution in [0.2, 0.25) is 0 Å². The van der Waals surface area contributed by atoms with Crippen molar-refractivity contribution in [2.75, 3.05) is 6.61 Å². The summed E-state index contributed by atoms with van der Waals surface area (Å²) in [6.07, 6.45) is 4.98. The quantitative estimate of drug-likeness (QED) is 0.851. The maximum absolute atomic E-state index is 6.09. The Morgan fingerprint density at radius 3 is 2.50 bits per heavy atom. The molecule has 1 atom stereocenters. The molecule has 2 heteroatoms. The lowest BCUT2D eigenvalue weighted by Crippen LogP contribution is -2.10. The summed E-state index contributed by atoms with van der Waals surface area (Å²) in [5, 5.41) is 0. The van der Waals surface area contributed by atoms with E-state index in [1.165, 1.54) is 5.56 Å². The second-order valence-corrected chi connectivity index (χ2v) is 4.68. The van der Waals surface area contributed by atoms with Crippen LogP contribution >= 0.6 is 0 Å². The molecular formula is C18H21NO. The van der Waals surface area contributed by atoms with Crippen LogP contribution in [0.3, 0.4) is 0 Å². The van der Waals surface area contributed by atoms with Crippen molar-refractivity contribution in [2.24, 2.45) is 5.73 Å². The number of ether oxygens (including phenoxy) is 1. The van der Waals surface area contributed by atoms with Crippen LogP contribution in [0.5, 0.6) is 5.75 Å². The van der Waals surface area contributed by atoms with Gasteiger partial charge in [0, 0.05) is 11.6 Å². The summed E-state index contributed by atoms with van der Waals surface area (Å²) in [6.45, 7) is 2.62. The van der Waals surface area contributed by atoms with E-state index in [0.29, 0.717) is 6.61 Å². The number of benzene rings is 2. The van der Waals surface area contributed by atoms with Gasteiger partial charge in [-0.1, -0.05) is 61.5 Å². The predicted octanol–water partition coefficient (Wildman–Crippen LogP) is 4.19. The van der Waals surface area contributed by atoms with Gasteiger partial charge in [0.1, 0.15) is 12.4 Å². The number of rotatable bonds is 6. The van der Waals surface area contributed by atoms with Crippen molar-refractivity contribution in [3.8, 4) is 5.75 Å². The van der Waals surface area contributed by atoms with Crippen LogP contribution in [-0.2, 0) is 0 Å². The molecule has 0 aliphatic heterocycles. The molecule has 0 spiro atoms. The van der Waals surface area contributed by atoms with Gasteiger partial charge in [0.25, 0.3) is 0 Å². The van der Waals surface area contributed by atoms with E-state index in [-0.39, 0.29) is 6.04 Å². The van der Waals surface area contributed by atoms with E-state index in [1.54, 1.807) is 0 Å². The molecular weight excluding hydrogens is 246 g/mol. The summed E-state index contributed by atoms with van der Waals surface area (Å²) in [4.78, 5) is 0. The van der Waals surface area contributed by atoms with Gasteiger partial charge in [-0.15, -0.1) is 0 Å². The van der Waals surface area contributed by atoms with Crippen molar-refractivity contribution in [3.63, 3.8) is 0 Å². The number of hydrogen-bond donors (Lipinski definition) is 1. The Labute approximate surface area is 120 Å². The number of hydrogen-bond acceptors (Lipinski definition) is 2. The number of para-hydroxylation sites is 1. The molecule has 2 rings (SSSR count).